The van der Waals surface area contributed by atoms with Gasteiger partial charge in [0.25, 0.3) is 0 Å². The number of carboxylic acids is 1. The number of aryl methyl sites for hydroxylation is 2. The normalized spacial score (nSPS) is 17.8. The molecule has 6 heteroatoms. The first kappa shape index (κ1) is 17.5. The van der Waals surface area contributed by atoms with Crippen LogP contribution in [0.1, 0.15) is 49.9 Å². The number of carbonyl (C=O) groups is 2. The van der Waals surface area contributed by atoms with E-state index in [0.717, 1.165) is 48.2 Å². The molecule has 1 fully saturated rings. The fourth-order valence-electron chi connectivity index (χ4n) is 3.63. The first-order valence-corrected chi connectivity index (χ1v) is 9.00. The largest absolute Gasteiger partial charge is 0.481 e. The number of fused-ring (bicyclic) bond motifs is 1. The van der Waals surface area contributed by atoms with Crippen molar-refractivity contribution in [2.75, 3.05) is 6.54 Å². The van der Waals surface area contributed by atoms with E-state index in [1.807, 2.05) is 30.0 Å². The second kappa shape index (κ2) is 7.68. The molecule has 2 N–H and O–H groups in total. The Hall–Kier alpha value is -2.37. The van der Waals surface area contributed by atoms with Crippen LogP contribution in [0.3, 0.4) is 0 Å². The number of likely N-dealkylation sites (tertiary alicyclic amines) is 1. The smallest absolute Gasteiger partial charge is 0.303 e. The Morgan fingerprint density at radius 2 is 2.16 bits per heavy atom. The summed E-state index contributed by atoms with van der Waals surface area (Å²) in [6, 6.07) is 6.08. The van der Waals surface area contributed by atoms with Crippen molar-refractivity contribution in [1.82, 2.24) is 14.9 Å². The first-order chi connectivity index (χ1) is 12.0. The Morgan fingerprint density at radius 3 is 2.92 bits per heavy atom. The molecule has 3 rings (SSSR count). The molecule has 1 saturated heterocycles. The van der Waals surface area contributed by atoms with E-state index in [1.54, 1.807) is 0 Å². The monoisotopic (exact) mass is 343 g/mol. The maximum absolute atomic E-state index is 12.6. The molecule has 1 aliphatic heterocycles. The van der Waals surface area contributed by atoms with Gasteiger partial charge in [0, 0.05) is 31.8 Å². The molecule has 1 amide bonds. The number of rotatable bonds is 6. The molecule has 0 aliphatic carbocycles. The second-order valence-electron chi connectivity index (χ2n) is 6.82. The number of hydrogen-bond acceptors (Lipinski definition) is 3. The maximum atomic E-state index is 12.6. The predicted molar refractivity (Wildman–Crippen MR) is 95.4 cm³/mol. The van der Waals surface area contributed by atoms with Crippen molar-refractivity contribution in [2.24, 2.45) is 0 Å². The number of aliphatic carboxylic acids is 1. The highest BCUT2D eigenvalue weighted by atomic mass is 16.4. The highest BCUT2D eigenvalue weighted by Gasteiger charge is 2.26. The lowest BCUT2D eigenvalue weighted by Crippen LogP contribution is -2.44. The zero-order chi connectivity index (χ0) is 17.8. The van der Waals surface area contributed by atoms with Crippen molar-refractivity contribution < 1.29 is 14.7 Å². The first-order valence-electron chi connectivity index (χ1n) is 9.00. The number of H-pyrrole nitrogens is 1. The van der Waals surface area contributed by atoms with Gasteiger partial charge in [0.05, 0.1) is 11.0 Å². The number of nitrogens with one attached hydrogen (secondary N) is 1. The fourth-order valence-corrected chi connectivity index (χ4v) is 3.63. The van der Waals surface area contributed by atoms with Gasteiger partial charge in [-0.2, -0.15) is 0 Å². The quantitative estimate of drug-likeness (QED) is 0.844. The highest BCUT2D eigenvalue weighted by Crippen LogP contribution is 2.22. The van der Waals surface area contributed by atoms with Gasteiger partial charge < -0.3 is 15.0 Å². The summed E-state index contributed by atoms with van der Waals surface area (Å²) in [6.45, 7) is 2.77. The minimum absolute atomic E-state index is 0.0651. The zero-order valence-corrected chi connectivity index (χ0v) is 14.6. The molecular weight excluding hydrogens is 318 g/mol. The maximum Gasteiger partial charge on any atom is 0.303 e. The van der Waals surface area contributed by atoms with Crippen LogP contribution in [0.4, 0.5) is 0 Å². The minimum Gasteiger partial charge on any atom is -0.481 e. The molecule has 1 unspecified atom stereocenters. The molecular formula is C19H25N3O3. The van der Waals surface area contributed by atoms with Crippen LogP contribution in [-0.4, -0.2) is 44.4 Å². The number of hydrogen-bond donors (Lipinski definition) is 2. The van der Waals surface area contributed by atoms with Crippen LogP contribution in [0.2, 0.25) is 0 Å². The van der Waals surface area contributed by atoms with Crippen molar-refractivity contribution in [3.8, 4) is 0 Å². The van der Waals surface area contributed by atoms with E-state index < -0.39 is 5.97 Å². The lowest BCUT2D eigenvalue weighted by Gasteiger charge is -2.35. The lowest BCUT2D eigenvalue weighted by atomic mass is 9.97. The summed E-state index contributed by atoms with van der Waals surface area (Å²) in [7, 11) is 0. The Kier molecular flexibility index (Phi) is 5.36. The Balaban J connectivity index is 1.61. The number of aromatic nitrogens is 2. The number of imidazole rings is 1. The SMILES string of the molecule is Cc1cccc2[nH]c(CCC(=O)N3CCCCC3CCC(=O)O)nc12. The predicted octanol–water partition coefficient (Wildman–Crippen LogP) is 3.05. The summed E-state index contributed by atoms with van der Waals surface area (Å²) in [4.78, 5) is 33.3. The summed E-state index contributed by atoms with van der Waals surface area (Å²) in [5, 5.41) is 8.90. The summed E-state index contributed by atoms with van der Waals surface area (Å²) in [5.41, 5.74) is 3.08. The van der Waals surface area contributed by atoms with E-state index in [0.29, 0.717) is 19.3 Å². The van der Waals surface area contributed by atoms with E-state index in [1.165, 1.54) is 0 Å². The van der Waals surface area contributed by atoms with Crippen LogP contribution < -0.4 is 0 Å². The molecule has 0 bridgehead atoms. The Morgan fingerprint density at radius 1 is 1.32 bits per heavy atom. The van der Waals surface area contributed by atoms with Gasteiger partial charge in [-0.1, -0.05) is 12.1 Å². The van der Waals surface area contributed by atoms with Gasteiger partial charge in [-0.05, 0) is 44.2 Å². The molecule has 1 aliphatic rings. The van der Waals surface area contributed by atoms with Gasteiger partial charge >= 0.3 is 5.97 Å². The van der Waals surface area contributed by atoms with Gasteiger partial charge in [-0.3, -0.25) is 9.59 Å². The molecule has 0 spiro atoms. The van der Waals surface area contributed by atoms with Gasteiger partial charge in [-0.15, -0.1) is 0 Å². The Bertz CT molecular complexity index is 768. The van der Waals surface area contributed by atoms with Gasteiger partial charge in [0.2, 0.25) is 5.91 Å². The summed E-state index contributed by atoms with van der Waals surface area (Å²) in [5.74, 6) is 0.139. The van der Waals surface area contributed by atoms with Gasteiger partial charge in [0.15, 0.2) is 0 Å². The van der Waals surface area contributed by atoms with E-state index >= 15 is 0 Å². The summed E-state index contributed by atoms with van der Waals surface area (Å²) >= 11 is 0. The number of aromatic amines is 1. The lowest BCUT2D eigenvalue weighted by molar-refractivity contribution is -0.140. The van der Waals surface area contributed by atoms with Crippen LogP contribution in [0.25, 0.3) is 11.0 Å². The molecule has 2 aromatic rings. The number of piperidine rings is 1. The average Bonchev–Trinajstić information content (AvgIpc) is 3.02. The molecule has 0 saturated carbocycles. The molecule has 1 atom stereocenters. The van der Waals surface area contributed by atoms with Crippen molar-refractivity contribution in [2.45, 2.75) is 57.9 Å². The van der Waals surface area contributed by atoms with E-state index in [2.05, 4.69) is 9.97 Å². The van der Waals surface area contributed by atoms with Gasteiger partial charge in [0.1, 0.15) is 5.82 Å². The number of amides is 1. The molecule has 2 heterocycles. The van der Waals surface area contributed by atoms with Crippen LogP contribution in [-0.2, 0) is 16.0 Å². The van der Waals surface area contributed by atoms with Crippen molar-refractivity contribution in [3.63, 3.8) is 0 Å². The minimum atomic E-state index is -0.796. The number of carboxylic acid groups (broad SMARTS) is 1. The molecule has 25 heavy (non-hydrogen) atoms. The van der Waals surface area contributed by atoms with Crippen molar-refractivity contribution >= 4 is 22.9 Å². The number of nitrogens with zero attached hydrogens (tertiary/aromatic N) is 2. The van der Waals surface area contributed by atoms with Crippen LogP contribution in [0, 0.1) is 6.92 Å². The molecule has 6 nitrogen and oxygen atoms in total. The topological polar surface area (TPSA) is 86.3 Å². The molecule has 134 valence electrons. The highest BCUT2D eigenvalue weighted by molar-refractivity contribution is 5.79. The third-order valence-corrected chi connectivity index (χ3v) is 4.98. The van der Waals surface area contributed by atoms with Gasteiger partial charge in [-0.25, -0.2) is 4.98 Å². The molecule has 1 aromatic heterocycles. The number of benzene rings is 1. The van der Waals surface area contributed by atoms with Crippen molar-refractivity contribution in [3.05, 3.63) is 29.6 Å². The van der Waals surface area contributed by atoms with Crippen LogP contribution >= 0.6 is 0 Å². The van der Waals surface area contributed by atoms with E-state index in [9.17, 15) is 9.59 Å². The summed E-state index contributed by atoms with van der Waals surface area (Å²) in [6.07, 6.45) is 4.62. The molecule has 1 aromatic carbocycles. The van der Waals surface area contributed by atoms with E-state index in [4.69, 9.17) is 5.11 Å². The zero-order valence-electron chi connectivity index (χ0n) is 14.6. The third kappa shape index (κ3) is 4.18. The number of para-hydroxylation sites is 1. The third-order valence-electron chi connectivity index (χ3n) is 4.98. The summed E-state index contributed by atoms with van der Waals surface area (Å²) < 4.78 is 0. The standard InChI is InChI=1S/C19H25N3O3/c1-13-5-4-7-15-19(13)21-16(20-15)9-10-17(23)22-12-3-2-6-14(22)8-11-18(24)25/h4-5,7,14H,2-3,6,8-12H2,1H3,(H,20,21)(H,24,25). The molecule has 0 radical (unpaired) electrons. The van der Waals surface area contributed by atoms with E-state index in [-0.39, 0.29) is 18.4 Å². The average molecular weight is 343 g/mol. The second-order valence-corrected chi connectivity index (χ2v) is 6.82. The fraction of sp³-hybridized carbons (Fsp3) is 0.526. The van der Waals surface area contributed by atoms with Crippen LogP contribution in [0.5, 0.6) is 0 Å². The Labute approximate surface area is 147 Å². The van der Waals surface area contributed by atoms with Crippen molar-refractivity contribution in [1.29, 1.82) is 0 Å². The van der Waals surface area contributed by atoms with Crippen LogP contribution in [0.15, 0.2) is 18.2 Å². The number of carbonyl (C=O) groups excluding carboxylic acids is 1.